The van der Waals surface area contributed by atoms with Crippen molar-refractivity contribution < 1.29 is 9.72 Å². The SMILES string of the molecule is Cc1nc2ccccc2cc1C(=O)N1CCN(c2ccccc2[N+](=O)[O-])CC1. The second-order valence-corrected chi connectivity index (χ2v) is 6.84. The summed E-state index contributed by atoms with van der Waals surface area (Å²) in [7, 11) is 0. The first-order valence-electron chi connectivity index (χ1n) is 9.18. The molecular formula is C21H20N4O3. The molecule has 142 valence electrons. The summed E-state index contributed by atoms with van der Waals surface area (Å²) in [5.41, 5.74) is 2.89. The second kappa shape index (κ2) is 7.26. The summed E-state index contributed by atoms with van der Waals surface area (Å²) in [5.74, 6) is -0.0436. The third-order valence-corrected chi connectivity index (χ3v) is 5.13. The maximum atomic E-state index is 13.0. The highest BCUT2D eigenvalue weighted by Crippen LogP contribution is 2.28. The van der Waals surface area contributed by atoms with E-state index in [0.717, 1.165) is 10.9 Å². The van der Waals surface area contributed by atoms with Gasteiger partial charge in [-0.05, 0) is 25.1 Å². The molecule has 3 aromatic rings. The van der Waals surface area contributed by atoms with E-state index in [0.29, 0.717) is 43.1 Å². The lowest BCUT2D eigenvalue weighted by Crippen LogP contribution is -2.49. The van der Waals surface area contributed by atoms with Crippen LogP contribution in [0.4, 0.5) is 11.4 Å². The fraction of sp³-hybridized carbons (Fsp3) is 0.238. The Kier molecular flexibility index (Phi) is 4.65. The number of amides is 1. The highest BCUT2D eigenvalue weighted by atomic mass is 16.6. The highest BCUT2D eigenvalue weighted by Gasteiger charge is 2.27. The zero-order valence-corrected chi connectivity index (χ0v) is 15.5. The molecule has 1 amide bonds. The van der Waals surface area contributed by atoms with Crippen LogP contribution in [0, 0.1) is 17.0 Å². The molecule has 0 spiro atoms. The van der Waals surface area contributed by atoms with Gasteiger partial charge in [-0.1, -0.05) is 30.3 Å². The fourth-order valence-electron chi connectivity index (χ4n) is 3.64. The van der Waals surface area contributed by atoms with E-state index < -0.39 is 0 Å². The molecule has 28 heavy (non-hydrogen) atoms. The minimum atomic E-state index is -0.364. The van der Waals surface area contributed by atoms with Crippen LogP contribution in [0.2, 0.25) is 0 Å². The molecule has 0 atom stereocenters. The molecule has 2 aromatic carbocycles. The van der Waals surface area contributed by atoms with Gasteiger partial charge >= 0.3 is 0 Å². The largest absolute Gasteiger partial charge is 0.362 e. The summed E-state index contributed by atoms with van der Waals surface area (Å²) in [4.78, 5) is 32.3. The van der Waals surface area contributed by atoms with Crippen molar-refractivity contribution in [2.45, 2.75) is 6.92 Å². The van der Waals surface area contributed by atoms with Crippen LogP contribution in [0.15, 0.2) is 54.6 Å². The van der Waals surface area contributed by atoms with Crippen LogP contribution in [-0.2, 0) is 0 Å². The van der Waals surface area contributed by atoms with E-state index in [9.17, 15) is 14.9 Å². The molecule has 0 saturated carbocycles. The number of hydrogen-bond acceptors (Lipinski definition) is 5. The molecule has 0 radical (unpaired) electrons. The summed E-state index contributed by atoms with van der Waals surface area (Å²) in [6, 6.07) is 16.4. The Morgan fingerprint density at radius 3 is 2.46 bits per heavy atom. The Balaban J connectivity index is 1.52. The highest BCUT2D eigenvalue weighted by molar-refractivity contribution is 5.98. The molecule has 7 heteroatoms. The maximum Gasteiger partial charge on any atom is 0.292 e. The van der Waals surface area contributed by atoms with Gasteiger partial charge in [0.2, 0.25) is 0 Å². The smallest absolute Gasteiger partial charge is 0.292 e. The molecule has 2 heterocycles. The monoisotopic (exact) mass is 376 g/mol. The van der Waals surface area contributed by atoms with E-state index in [-0.39, 0.29) is 16.5 Å². The van der Waals surface area contributed by atoms with Crippen LogP contribution in [-0.4, -0.2) is 46.9 Å². The van der Waals surface area contributed by atoms with E-state index >= 15 is 0 Å². The molecule has 0 aliphatic carbocycles. The Bertz CT molecular complexity index is 1060. The van der Waals surface area contributed by atoms with Crippen molar-refractivity contribution in [3.8, 4) is 0 Å². The van der Waals surface area contributed by atoms with Crippen molar-refractivity contribution >= 4 is 28.2 Å². The van der Waals surface area contributed by atoms with Gasteiger partial charge in [-0.2, -0.15) is 0 Å². The second-order valence-electron chi connectivity index (χ2n) is 6.84. The molecule has 0 N–H and O–H groups in total. The number of hydrogen-bond donors (Lipinski definition) is 0. The van der Waals surface area contributed by atoms with Crippen LogP contribution in [0.1, 0.15) is 16.1 Å². The van der Waals surface area contributed by atoms with Gasteiger partial charge in [0, 0.05) is 37.6 Å². The number of nitro benzene ring substituents is 1. The van der Waals surface area contributed by atoms with E-state index in [1.807, 2.05) is 42.2 Å². The number of pyridine rings is 1. The van der Waals surface area contributed by atoms with Crippen LogP contribution in [0.5, 0.6) is 0 Å². The lowest BCUT2D eigenvalue weighted by molar-refractivity contribution is -0.384. The number of benzene rings is 2. The number of nitrogens with zero attached hydrogens (tertiary/aromatic N) is 4. The minimum absolute atomic E-state index is 0.0436. The van der Waals surface area contributed by atoms with Gasteiger partial charge in [0.15, 0.2) is 0 Å². The van der Waals surface area contributed by atoms with Crippen molar-refractivity contribution in [3.05, 3.63) is 76.0 Å². The summed E-state index contributed by atoms with van der Waals surface area (Å²) >= 11 is 0. The van der Waals surface area contributed by atoms with Gasteiger partial charge in [0.1, 0.15) is 5.69 Å². The number of aryl methyl sites for hydroxylation is 1. The first-order chi connectivity index (χ1) is 13.5. The number of rotatable bonds is 3. The number of anilines is 1. The molecule has 1 fully saturated rings. The Morgan fingerprint density at radius 1 is 1.04 bits per heavy atom. The standard InChI is InChI=1S/C21H20N4O3/c1-15-17(14-16-6-2-3-7-18(16)22-15)21(26)24-12-10-23(11-13-24)19-8-4-5-9-20(19)25(27)28/h2-9,14H,10-13H2,1H3. The van der Waals surface area contributed by atoms with Crippen LogP contribution in [0.25, 0.3) is 10.9 Å². The van der Waals surface area contributed by atoms with E-state index in [2.05, 4.69) is 4.98 Å². The fourth-order valence-corrected chi connectivity index (χ4v) is 3.64. The molecule has 1 aliphatic heterocycles. The van der Waals surface area contributed by atoms with Crippen molar-refractivity contribution in [2.24, 2.45) is 0 Å². The average Bonchev–Trinajstić information content (AvgIpc) is 2.73. The Hall–Kier alpha value is -3.48. The zero-order valence-electron chi connectivity index (χ0n) is 15.5. The summed E-state index contributed by atoms with van der Waals surface area (Å²) in [5, 5.41) is 12.2. The molecule has 7 nitrogen and oxygen atoms in total. The normalized spacial score (nSPS) is 14.3. The molecule has 0 bridgehead atoms. The quantitative estimate of drug-likeness (QED) is 0.517. The first kappa shape index (κ1) is 17.9. The van der Waals surface area contributed by atoms with Crippen molar-refractivity contribution in [1.82, 2.24) is 9.88 Å². The summed E-state index contributed by atoms with van der Waals surface area (Å²) < 4.78 is 0. The van der Waals surface area contributed by atoms with Gasteiger partial charge in [-0.3, -0.25) is 19.9 Å². The number of para-hydroxylation sites is 3. The van der Waals surface area contributed by atoms with Gasteiger partial charge in [-0.25, -0.2) is 0 Å². The van der Waals surface area contributed by atoms with Crippen molar-refractivity contribution in [1.29, 1.82) is 0 Å². The maximum absolute atomic E-state index is 13.0. The van der Waals surface area contributed by atoms with Gasteiger partial charge < -0.3 is 9.80 Å². The van der Waals surface area contributed by atoms with Crippen molar-refractivity contribution in [3.63, 3.8) is 0 Å². The molecule has 1 aromatic heterocycles. The third kappa shape index (κ3) is 3.26. The van der Waals surface area contributed by atoms with Gasteiger partial charge in [0.05, 0.1) is 21.7 Å². The van der Waals surface area contributed by atoms with Gasteiger partial charge in [-0.15, -0.1) is 0 Å². The van der Waals surface area contributed by atoms with E-state index in [1.54, 1.807) is 23.1 Å². The molecular weight excluding hydrogens is 356 g/mol. The van der Waals surface area contributed by atoms with Crippen molar-refractivity contribution in [2.75, 3.05) is 31.1 Å². The molecule has 1 saturated heterocycles. The number of fused-ring (bicyclic) bond motifs is 1. The molecule has 4 rings (SSSR count). The molecule has 0 unspecified atom stereocenters. The predicted octanol–water partition coefficient (Wildman–Crippen LogP) is 3.41. The lowest BCUT2D eigenvalue weighted by atomic mass is 10.1. The number of nitro groups is 1. The topological polar surface area (TPSA) is 79.6 Å². The predicted molar refractivity (Wildman–Crippen MR) is 108 cm³/mol. The lowest BCUT2D eigenvalue weighted by Gasteiger charge is -2.36. The van der Waals surface area contributed by atoms with Crippen LogP contribution in [0.3, 0.4) is 0 Å². The summed E-state index contributed by atoms with van der Waals surface area (Å²) in [6.45, 7) is 3.98. The number of carbonyl (C=O) groups is 1. The zero-order chi connectivity index (χ0) is 19.7. The van der Waals surface area contributed by atoms with Crippen LogP contribution < -0.4 is 4.90 Å². The average molecular weight is 376 g/mol. The Labute approximate surface area is 162 Å². The Morgan fingerprint density at radius 2 is 1.71 bits per heavy atom. The van der Waals surface area contributed by atoms with Crippen LogP contribution >= 0.6 is 0 Å². The molecule has 1 aliphatic rings. The summed E-state index contributed by atoms with van der Waals surface area (Å²) in [6.07, 6.45) is 0. The number of carbonyl (C=O) groups excluding carboxylic acids is 1. The third-order valence-electron chi connectivity index (χ3n) is 5.13. The first-order valence-corrected chi connectivity index (χ1v) is 9.18. The van der Waals surface area contributed by atoms with E-state index in [4.69, 9.17) is 0 Å². The number of piperazine rings is 1. The number of aromatic nitrogens is 1. The van der Waals surface area contributed by atoms with E-state index in [1.165, 1.54) is 6.07 Å². The minimum Gasteiger partial charge on any atom is -0.362 e. The van der Waals surface area contributed by atoms with Gasteiger partial charge in [0.25, 0.3) is 11.6 Å².